The fraction of sp³-hybridized carbons (Fsp3) is 0.200. The van der Waals surface area contributed by atoms with Gasteiger partial charge in [-0.3, -0.25) is 0 Å². The molecule has 0 bridgehead atoms. The summed E-state index contributed by atoms with van der Waals surface area (Å²) in [6.07, 6.45) is 5.73. The van der Waals surface area contributed by atoms with E-state index >= 15 is 0 Å². The summed E-state index contributed by atoms with van der Waals surface area (Å²) in [5, 5.41) is 0. The summed E-state index contributed by atoms with van der Waals surface area (Å²) in [5.74, 6) is 0.716. The van der Waals surface area contributed by atoms with Crippen LogP contribution in [0.3, 0.4) is 0 Å². The third kappa shape index (κ3) is 1.59. The predicted octanol–water partition coefficient (Wildman–Crippen LogP) is 2.49. The van der Waals surface area contributed by atoms with E-state index in [4.69, 9.17) is 5.73 Å². The Balaban J connectivity index is 3.10. The number of anilines is 1. The highest BCUT2D eigenvalue weighted by atomic mass is 14.8. The Hall–Kier alpha value is -1.44. The van der Waals surface area contributed by atoms with E-state index < -0.39 is 0 Å². The lowest BCUT2D eigenvalue weighted by Crippen LogP contribution is -1.87. The zero-order chi connectivity index (χ0) is 9.14. The maximum absolute atomic E-state index is 5.71. The number of hydrogen-bond acceptors (Lipinski definition) is 1. The van der Waals surface area contributed by atoms with E-state index in [2.05, 4.69) is 11.6 Å². The van der Waals surface area contributed by atoms with Gasteiger partial charge in [0.15, 0.2) is 0 Å². The Morgan fingerprint density at radius 3 is 2.75 bits per heavy atom. The molecule has 0 aliphatic heterocycles. The fourth-order valence-electron chi connectivity index (χ4n) is 1.03. The van der Waals surface area contributed by atoms with Crippen LogP contribution in [-0.4, -0.2) is 4.98 Å². The van der Waals surface area contributed by atoms with E-state index in [9.17, 15) is 0 Å². The Morgan fingerprint density at radius 2 is 2.33 bits per heavy atom. The molecular formula is C10H14N2. The molecule has 1 rings (SSSR count). The van der Waals surface area contributed by atoms with Gasteiger partial charge in [-0.2, -0.15) is 0 Å². The van der Waals surface area contributed by atoms with Crippen molar-refractivity contribution < 1.29 is 0 Å². The predicted molar refractivity (Wildman–Crippen MR) is 53.8 cm³/mol. The van der Waals surface area contributed by atoms with Crippen molar-refractivity contribution >= 4 is 11.9 Å². The zero-order valence-electron chi connectivity index (χ0n) is 7.52. The molecule has 1 aromatic heterocycles. The summed E-state index contributed by atoms with van der Waals surface area (Å²) >= 11 is 0. The van der Waals surface area contributed by atoms with E-state index in [1.54, 1.807) is 0 Å². The molecular weight excluding hydrogens is 148 g/mol. The molecule has 0 aliphatic rings. The number of aryl methyl sites for hydroxylation is 1. The second kappa shape index (κ2) is 3.30. The van der Waals surface area contributed by atoms with Crippen molar-refractivity contribution in [1.29, 1.82) is 0 Å². The second-order valence-corrected chi connectivity index (χ2v) is 2.89. The van der Waals surface area contributed by atoms with Crippen molar-refractivity contribution in [3.63, 3.8) is 0 Å². The van der Waals surface area contributed by atoms with E-state index in [1.807, 2.05) is 32.2 Å². The summed E-state index contributed by atoms with van der Waals surface area (Å²) < 4.78 is 0. The summed E-state index contributed by atoms with van der Waals surface area (Å²) in [5.41, 5.74) is 9.05. The number of hydrogen-bond donors (Lipinski definition) is 2. The van der Waals surface area contributed by atoms with E-state index in [0.29, 0.717) is 5.82 Å². The molecule has 0 spiro atoms. The maximum atomic E-state index is 5.71. The number of aromatic amines is 1. The molecule has 0 unspecified atom stereocenters. The summed E-state index contributed by atoms with van der Waals surface area (Å²) in [4.78, 5) is 2.97. The summed E-state index contributed by atoms with van der Waals surface area (Å²) in [6.45, 7) is 7.70. The van der Waals surface area contributed by atoms with Gasteiger partial charge in [-0.15, -0.1) is 0 Å². The van der Waals surface area contributed by atoms with E-state index in [0.717, 1.165) is 16.7 Å². The van der Waals surface area contributed by atoms with Crippen LogP contribution in [0, 0.1) is 6.92 Å². The van der Waals surface area contributed by atoms with Crippen LogP contribution in [0.2, 0.25) is 0 Å². The average Bonchev–Trinajstić information content (AvgIpc) is 2.35. The molecule has 0 saturated carbocycles. The normalized spacial score (nSPS) is 11.7. The van der Waals surface area contributed by atoms with Gasteiger partial charge in [0, 0.05) is 11.8 Å². The molecule has 1 aromatic rings. The minimum atomic E-state index is 0.716. The molecule has 0 amide bonds. The highest BCUT2D eigenvalue weighted by Crippen LogP contribution is 2.18. The summed E-state index contributed by atoms with van der Waals surface area (Å²) in [6, 6.07) is 0. The molecule has 0 saturated heterocycles. The van der Waals surface area contributed by atoms with Gasteiger partial charge >= 0.3 is 0 Å². The number of nitrogens with one attached hydrogen (secondary N) is 1. The van der Waals surface area contributed by atoms with Crippen LogP contribution in [0.5, 0.6) is 0 Å². The zero-order valence-corrected chi connectivity index (χ0v) is 7.52. The number of aromatic nitrogens is 1. The lowest BCUT2D eigenvalue weighted by Gasteiger charge is -1.95. The third-order valence-corrected chi connectivity index (χ3v) is 1.85. The molecule has 0 aliphatic carbocycles. The lowest BCUT2D eigenvalue weighted by atomic mass is 10.1. The van der Waals surface area contributed by atoms with Gasteiger partial charge in [-0.25, -0.2) is 0 Å². The van der Waals surface area contributed by atoms with E-state index in [-0.39, 0.29) is 0 Å². The van der Waals surface area contributed by atoms with Gasteiger partial charge in [0.1, 0.15) is 5.82 Å². The molecule has 2 heteroatoms. The topological polar surface area (TPSA) is 41.8 Å². The smallest absolute Gasteiger partial charge is 0.108 e. The van der Waals surface area contributed by atoms with Gasteiger partial charge in [-0.1, -0.05) is 18.2 Å². The molecule has 0 fully saturated rings. The number of rotatable bonds is 2. The highest BCUT2D eigenvalue weighted by molar-refractivity contribution is 5.67. The van der Waals surface area contributed by atoms with E-state index in [1.165, 1.54) is 0 Å². The quantitative estimate of drug-likeness (QED) is 0.644. The second-order valence-electron chi connectivity index (χ2n) is 2.89. The largest absolute Gasteiger partial charge is 0.385 e. The number of H-pyrrole nitrogens is 1. The van der Waals surface area contributed by atoms with Crippen LogP contribution in [0.1, 0.15) is 18.1 Å². The minimum absolute atomic E-state index is 0.716. The van der Waals surface area contributed by atoms with Crippen molar-refractivity contribution in [2.75, 3.05) is 5.73 Å². The minimum Gasteiger partial charge on any atom is -0.385 e. The Labute approximate surface area is 72.8 Å². The van der Waals surface area contributed by atoms with Gasteiger partial charge in [0.25, 0.3) is 0 Å². The Kier molecular flexibility index (Phi) is 2.38. The van der Waals surface area contributed by atoms with Crippen LogP contribution in [0.15, 0.2) is 24.4 Å². The molecule has 2 nitrogen and oxygen atoms in total. The Morgan fingerprint density at radius 1 is 1.67 bits per heavy atom. The van der Waals surface area contributed by atoms with Gasteiger partial charge in [-0.05, 0) is 25.5 Å². The van der Waals surface area contributed by atoms with Gasteiger partial charge in [0.05, 0.1) is 0 Å². The van der Waals surface area contributed by atoms with Gasteiger partial charge < -0.3 is 10.7 Å². The maximum Gasteiger partial charge on any atom is 0.108 e. The van der Waals surface area contributed by atoms with Crippen LogP contribution in [0.4, 0.5) is 5.82 Å². The molecule has 0 atom stereocenters. The molecule has 1 heterocycles. The molecule has 64 valence electrons. The van der Waals surface area contributed by atoms with Gasteiger partial charge in [0.2, 0.25) is 0 Å². The molecule has 0 aromatic carbocycles. The molecule has 3 N–H and O–H groups in total. The first-order chi connectivity index (χ1) is 5.65. The van der Waals surface area contributed by atoms with Crippen molar-refractivity contribution in [2.45, 2.75) is 13.8 Å². The summed E-state index contributed by atoms with van der Waals surface area (Å²) in [7, 11) is 0. The number of nitrogen functional groups attached to an aromatic ring is 1. The standard InChI is InChI=1S/C10H14N2/c1-4-7(2)5-9-8(3)6-12-10(9)11/h4-6,12H,1,11H2,2-3H3/b7-5-. The molecule has 0 radical (unpaired) electrons. The first kappa shape index (κ1) is 8.65. The Bertz CT molecular complexity index is 299. The van der Waals surface area contributed by atoms with Crippen molar-refractivity contribution in [3.8, 4) is 0 Å². The SMILES string of the molecule is C=C/C(C)=C\c1c(C)c[nH]c1N. The highest BCUT2D eigenvalue weighted by Gasteiger charge is 2.00. The van der Waals surface area contributed by atoms with Crippen LogP contribution >= 0.6 is 0 Å². The van der Waals surface area contributed by atoms with Crippen molar-refractivity contribution in [3.05, 3.63) is 35.6 Å². The average molecular weight is 162 g/mol. The van der Waals surface area contributed by atoms with Crippen LogP contribution in [0.25, 0.3) is 6.08 Å². The molecule has 12 heavy (non-hydrogen) atoms. The number of allylic oxidation sites excluding steroid dienone is 2. The van der Waals surface area contributed by atoms with Crippen molar-refractivity contribution in [1.82, 2.24) is 4.98 Å². The fourth-order valence-corrected chi connectivity index (χ4v) is 1.03. The first-order valence-corrected chi connectivity index (χ1v) is 3.89. The monoisotopic (exact) mass is 162 g/mol. The van der Waals surface area contributed by atoms with Crippen LogP contribution in [-0.2, 0) is 0 Å². The van der Waals surface area contributed by atoms with Crippen molar-refractivity contribution in [2.24, 2.45) is 0 Å². The lowest BCUT2D eigenvalue weighted by molar-refractivity contribution is 1.39. The third-order valence-electron chi connectivity index (χ3n) is 1.85. The first-order valence-electron chi connectivity index (χ1n) is 3.89. The number of nitrogens with two attached hydrogens (primary N) is 1. The van der Waals surface area contributed by atoms with Crippen LogP contribution < -0.4 is 5.73 Å².